The minimum atomic E-state index is -0.0553. The number of aliphatic imine (C=N–C) groups is 1. The number of nitrogens with one attached hydrogen (secondary N) is 1. The van der Waals surface area contributed by atoms with Gasteiger partial charge in [-0.1, -0.05) is 56.8 Å². The molecule has 0 radical (unpaired) electrons. The zero-order valence-corrected chi connectivity index (χ0v) is 22.4. The number of anilines is 2. The number of piperazine rings is 1. The molecule has 0 amide bonds. The molecule has 0 aliphatic carbocycles. The van der Waals surface area contributed by atoms with Gasteiger partial charge in [-0.3, -0.25) is 9.36 Å². The van der Waals surface area contributed by atoms with Crippen molar-refractivity contribution in [3.05, 3.63) is 94.8 Å². The molecule has 4 rings (SSSR count). The van der Waals surface area contributed by atoms with Gasteiger partial charge in [0.25, 0.3) is 5.56 Å². The first kappa shape index (κ1) is 26.4. The van der Waals surface area contributed by atoms with E-state index in [0.717, 1.165) is 56.1 Å². The lowest BCUT2D eigenvalue weighted by molar-refractivity contribution is 0.313. The highest BCUT2D eigenvalue weighted by molar-refractivity contribution is 5.98. The van der Waals surface area contributed by atoms with Crippen molar-refractivity contribution in [2.24, 2.45) is 10.9 Å². The van der Waals surface area contributed by atoms with Crippen molar-refractivity contribution >= 4 is 29.1 Å². The van der Waals surface area contributed by atoms with Crippen molar-refractivity contribution in [2.45, 2.75) is 33.2 Å². The van der Waals surface area contributed by atoms with Crippen LogP contribution in [0.15, 0.2) is 83.1 Å². The van der Waals surface area contributed by atoms with Crippen molar-refractivity contribution in [3.8, 4) is 0 Å². The van der Waals surface area contributed by atoms with E-state index in [1.165, 1.54) is 11.3 Å². The minimum Gasteiger partial charge on any atom is -0.369 e. The predicted octanol–water partition coefficient (Wildman–Crippen LogP) is 5.67. The highest BCUT2D eigenvalue weighted by Gasteiger charge is 2.16. The van der Waals surface area contributed by atoms with E-state index in [9.17, 15) is 4.79 Å². The monoisotopic (exact) mass is 497 g/mol. The van der Waals surface area contributed by atoms with Crippen LogP contribution in [0.25, 0.3) is 6.08 Å². The van der Waals surface area contributed by atoms with Crippen LogP contribution < -0.4 is 15.8 Å². The Kier molecular flexibility index (Phi) is 8.96. The molecule has 2 heterocycles. The van der Waals surface area contributed by atoms with E-state index in [-0.39, 0.29) is 11.5 Å². The molecule has 0 spiro atoms. The molecule has 3 aromatic rings. The quantitative estimate of drug-likeness (QED) is 0.306. The number of amidine groups is 1. The largest absolute Gasteiger partial charge is 0.369 e. The van der Waals surface area contributed by atoms with Crippen LogP contribution in [0.2, 0.25) is 0 Å². The lowest BCUT2D eigenvalue weighted by Crippen LogP contribution is -2.44. The van der Waals surface area contributed by atoms with E-state index in [2.05, 4.69) is 79.0 Å². The zero-order valence-electron chi connectivity index (χ0n) is 22.4. The molecular formula is C31H39N5O. The third-order valence-electron chi connectivity index (χ3n) is 7.19. The molecule has 1 aliphatic rings. The van der Waals surface area contributed by atoms with Gasteiger partial charge in [0.15, 0.2) is 0 Å². The van der Waals surface area contributed by atoms with Crippen LogP contribution in [0.5, 0.6) is 0 Å². The molecule has 1 unspecified atom stereocenters. The van der Waals surface area contributed by atoms with Crippen molar-refractivity contribution in [1.29, 1.82) is 0 Å². The van der Waals surface area contributed by atoms with Crippen LogP contribution in [-0.2, 0) is 13.0 Å². The molecule has 1 N–H and O–H groups in total. The summed E-state index contributed by atoms with van der Waals surface area (Å²) in [6.07, 6.45) is 3.45. The first-order chi connectivity index (χ1) is 18.0. The summed E-state index contributed by atoms with van der Waals surface area (Å²) in [7, 11) is 2.17. The van der Waals surface area contributed by atoms with Gasteiger partial charge in [-0.05, 0) is 55.8 Å². The van der Waals surface area contributed by atoms with E-state index in [1.807, 2.05) is 24.3 Å². The Morgan fingerprint density at radius 3 is 2.38 bits per heavy atom. The van der Waals surface area contributed by atoms with Crippen molar-refractivity contribution in [3.63, 3.8) is 0 Å². The molecule has 37 heavy (non-hydrogen) atoms. The third kappa shape index (κ3) is 6.77. The summed E-state index contributed by atoms with van der Waals surface area (Å²) in [4.78, 5) is 22.8. The van der Waals surface area contributed by atoms with Gasteiger partial charge in [-0.2, -0.15) is 0 Å². The summed E-state index contributed by atoms with van der Waals surface area (Å²) in [5.41, 5.74) is 4.22. The first-order valence-electron chi connectivity index (χ1n) is 13.3. The number of benzene rings is 2. The molecular weight excluding hydrogens is 458 g/mol. The van der Waals surface area contributed by atoms with Crippen LogP contribution >= 0.6 is 0 Å². The number of rotatable bonds is 9. The van der Waals surface area contributed by atoms with Crippen LogP contribution in [-0.4, -0.2) is 48.5 Å². The van der Waals surface area contributed by atoms with Gasteiger partial charge in [-0.25, -0.2) is 4.99 Å². The molecule has 1 aromatic heterocycles. The van der Waals surface area contributed by atoms with Gasteiger partial charge >= 0.3 is 0 Å². The lowest BCUT2D eigenvalue weighted by Gasteiger charge is -2.34. The second-order valence-electron chi connectivity index (χ2n) is 9.81. The van der Waals surface area contributed by atoms with E-state index in [4.69, 9.17) is 4.99 Å². The topological polar surface area (TPSA) is 52.9 Å². The maximum atomic E-state index is 12.9. The first-order valence-corrected chi connectivity index (χ1v) is 13.3. The van der Waals surface area contributed by atoms with Gasteiger partial charge in [0.1, 0.15) is 11.7 Å². The fraction of sp³-hybridized carbons (Fsp3) is 0.355. The molecule has 1 saturated heterocycles. The molecule has 1 atom stereocenters. The average Bonchev–Trinajstić information content (AvgIpc) is 2.93. The summed E-state index contributed by atoms with van der Waals surface area (Å²) in [6.45, 7) is 13.1. The lowest BCUT2D eigenvalue weighted by atomic mass is 10.1. The second-order valence-corrected chi connectivity index (χ2v) is 9.81. The van der Waals surface area contributed by atoms with Crippen LogP contribution in [0.1, 0.15) is 31.4 Å². The summed E-state index contributed by atoms with van der Waals surface area (Å²) in [5, 5.41) is 3.56. The summed E-state index contributed by atoms with van der Waals surface area (Å²) in [6, 6.07) is 22.2. The van der Waals surface area contributed by atoms with Crippen molar-refractivity contribution in [1.82, 2.24) is 9.47 Å². The van der Waals surface area contributed by atoms with Gasteiger partial charge in [-0.15, -0.1) is 0 Å². The second kappa shape index (κ2) is 12.5. The van der Waals surface area contributed by atoms with Crippen molar-refractivity contribution in [2.75, 3.05) is 43.4 Å². The summed E-state index contributed by atoms with van der Waals surface area (Å²) in [5.74, 6) is 1.68. The predicted molar refractivity (Wildman–Crippen MR) is 157 cm³/mol. The number of pyridine rings is 1. The minimum absolute atomic E-state index is 0.0553. The molecule has 1 fully saturated rings. The van der Waals surface area contributed by atoms with E-state index < -0.39 is 0 Å². The fourth-order valence-corrected chi connectivity index (χ4v) is 4.51. The highest BCUT2D eigenvalue weighted by atomic mass is 16.1. The maximum absolute atomic E-state index is 12.9. The van der Waals surface area contributed by atoms with E-state index in [1.54, 1.807) is 16.7 Å². The zero-order chi connectivity index (χ0) is 26.2. The summed E-state index contributed by atoms with van der Waals surface area (Å²) >= 11 is 0. The number of aromatic nitrogens is 1. The van der Waals surface area contributed by atoms with Crippen LogP contribution in [0.4, 0.5) is 17.2 Å². The maximum Gasteiger partial charge on any atom is 0.252 e. The molecule has 2 aromatic carbocycles. The van der Waals surface area contributed by atoms with Crippen LogP contribution in [0, 0.1) is 5.92 Å². The Morgan fingerprint density at radius 2 is 1.73 bits per heavy atom. The average molecular weight is 498 g/mol. The molecule has 6 nitrogen and oxygen atoms in total. The van der Waals surface area contributed by atoms with E-state index in [0.29, 0.717) is 12.4 Å². The Hall–Kier alpha value is -3.64. The molecule has 1 aliphatic heterocycles. The smallest absolute Gasteiger partial charge is 0.252 e. The van der Waals surface area contributed by atoms with Crippen LogP contribution in [0.3, 0.4) is 0 Å². The number of aryl methyl sites for hydroxylation is 1. The van der Waals surface area contributed by atoms with Gasteiger partial charge in [0.05, 0.1) is 0 Å². The van der Waals surface area contributed by atoms with Gasteiger partial charge < -0.3 is 15.1 Å². The summed E-state index contributed by atoms with van der Waals surface area (Å²) < 4.78 is 1.77. The standard InChI is InChI=1S/C31H39N5O/c1-5-24(3)30(32-27-13-15-28(16-14-27)35-22-20-34(4)21-23-35)33-31-26(6-2)12-17-29(37)36(31)19-18-25-10-8-7-9-11-25/h6-17,24H,2,5,18-23H2,1,3-4H3,(H,32,33). The number of nitrogens with zero attached hydrogens (tertiary/aromatic N) is 4. The molecule has 0 saturated carbocycles. The molecule has 0 bridgehead atoms. The fourth-order valence-electron chi connectivity index (χ4n) is 4.51. The van der Waals surface area contributed by atoms with Crippen molar-refractivity contribution < 1.29 is 0 Å². The Bertz CT molecular complexity index is 1260. The Labute approximate surface area is 221 Å². The number of hydrogen-bond acceptors (Lipinski definition) is 4. The SMILES string of the molecule is C=Cc1ccc(=O)n(CCc2ccccc2)c1N=C(Nc1ccc(N2CCN(C)CC2)cc1)C(C)CC. The highest BCUT2D eigenvalue weighted by Crippen LogP contribution is 2.24. The van der Waals surface area contributed by atoms with Gasteiger partial charge in [0, 0.05) is 61.6 Å². The Balaban J connectivity index is 1.62. The number of hydrogen-bond donors (Lipinski definition) is 1. The molecule has 6 heteroatoms. The van der Waals surface area contributed by atoms with Gasteiger partial charge in [0.2, 0.25) is 0 Å². The third-order valence-corrected chi connectivity index (χ3v) is 7.19. The molecule has 194 valence electrons. The Morgan fingerprint density at radius 1 is 1.03 bits per heavy atom. The number of likely N-dealkylation sites (N-methyl/N-ethyl adjacent to an activating group) is 1. The normalized spacial score (nSPS) is 15.4. The van der Waals surface area contributed by atoms with E-state index >= 15 is 0 Å².